The van der Waals surface area contributed by atoms with Crippen LogP contribution in [0.1, 0.15) is 24.8 Å². The summed E-state index contributed by atoms with van der Waals surface area (Å²) in [6.07, 6.45) is 2.02. The fourth-order valence-corrected chi connectivity index (χ4v) is 4.39. The largest absolute Gasteiger partial charge is 0.486 e. The maximum atomic E-state index is 12.7. The summed E-state index contributed by atoms with van der Waals surface area (Å²) in [7, 11) is 0. The van der Waals surface area contributed by atoms with Gasteiger partial charge in [-0.3, -0.25) is 4.79 Å². The molecule has 3 aromatic rings. The third-order valence-corrected chi connectivity index (χ3v) is 5.94. The lowest BCUT2D eigenvalue weighted by Crippen LogP contribution is -2.43. The molecule has 1 unspecified atom stereocenters. The Bertz CT molecular complexity index is 923. The van der Waals surface area contributed by atoms with E-state index in [-0.39, 0.29) is 12.0 Å². The molecular weight excluding hydrogens is 372 g/mol. The third kappa shape index (κ3) is 4.28. The van der Waals surface area contributed by atoms with Crippen LogP contribution >= 0.6 is 11.3 Å². The number of carbonyl (C=O) groups excluding carboxylic acids is 1. The standard InChI is InChI=1S/C22H24N2O3S/c1-2-24(14-16-15-26-18-9-4-5-10-19(18)27-16)22(25)13-7-12-21-23-17-8-3-6-11-20(17)28-21/h3-6,8-11,16H,2,7,12-15H2,1H3. The molecular formula is C22H24N2O3S. The number of aromatic nitrogens is 1. The van der Waals surface area contributed by atoms with Gasteiger partial charge in [-0.15, -0.1) is 11.3 Å². The summed E-state index contributed by atoms with van der Waals surface area (Å²) in [5.41, 5.74) is 1.04. The zero-order valence-corrected chi connectivity index (χ0v) is 16.8. The number of rotatable bonds is 7. The average Bonchev–Trinajstić information content (AvgIpc) is 3.14. The van der Waals surface area contributed by atoms with Gasteiger partial charge < -0.3 is 14.4 Å². The minimum absolute atomic E-state index is 0.136. The molecule has 0 radical (unpaired) electrons. The maximum Gasteiger partial charge on any atom is 0.222 e. The van der Waals surface area contributed by atoms with Crippen LogP contribution in [0.25, 0.3) is 10.2 Å². The van der Waals surface area contributed by atoms with Crippen LogP contribution in [-0.4, -0.2) is 41.6 Å². The molecule has 1 atom stereocenters. The predicted molar refractivity (Wildman–Crippen MR) is 111 cm³/mol. The van der Waals surface area contributed by atoms with Crippen molar-refractivity contribution >= 4 is 27.5 Å². The number of aryl methyl sites for hydroxylation is 1. The number of hydrogen-bond acceptors (Lipinski definition) is 5. The van der Waals surface area contributed by atoms with Crippen LogP contribution in [0.2, 0.25) is 0 Å². The summed E-state index contributed by atoms with van der Waals surface area (Å²) < 4.78 is 13.0. The molecule has 1 aromatic heterocycles. The van der Waals surface area contributed by atoms with Crippen LogP contribution in [-0.2, 0) is 11.2 Å². The molecule has 0 saturated heterocycles. The molecule has 1 amide bonds. The molecule has 28 heavy (non-hydrogen) atoms. The summed E-state index contributed by atoms with van der Waals surface area (Å²) >= 11 is 1.71. The minimum atomic E-state index is -0.136. The number of amides is 1. The molecule has 146 valence electrons. The fraction of sp³-hybridized carbons (Fsp3) is 0.364. The number of likely N-dealkylation sites (N-methyl/N-ethyl adjacent to an activating group) is 1. The van der Waals surface area contributed by atoms with Gasteiger partial charge in [-0.2, -0.15) is 0 Å². The number of carbonyl (C=O) groups is 1. The van der Waals surface area contributed by atoms with E-state index in [2.05, 4.69) is 11.1 Å². The van der Waals surface area contributed by atoms with Crippen molar-refractivity contribution in [2.75, 3.05) is 19.7 Å². The molecule has 1 aliphatic rings. The van der Waals surface area contributed by atoms with Crippen LogP contribution < -0.4 is 9.47 Å². The first-order chi connectivity index (χ1) is 13.7. The molecule has 2 aromatic carbocycles. The van der Waals surface area contributed by atoms with E-state index in [0.29, 0.717) is 26.1 Å². The first-order valence-electron chi connectivity index (χ1n) is 9.73. The predicted octanol–water partition coefficient (Wildman–Crippen LogP) is 4.31. The lowest BCUT2D eigenvalue weighted by Gasteiger charge is -2.31. The average molecular weight is 397 g/mol. The monoisotopic (exact) mass is 396 g/mol. The second-order valence-electron chi connectivity index (χ2n) is 6.86. The van der Waals surface area contributed by atoms with Crippen molar-refractivity contribution in [3.63, 3.8) is 0 Å². The second-order valence-corrected chi connectivity index (χ2v) is 7.97. The van der Waals surface area contributed by atoms with Gasteiger partial charge in [0.05, 0.1) is 21.8 Å². The van der Waals surface area contributed by atoms with E-state index in [9.17, 15) is 4.79 Å². The van der Waals surface area contributed by atoms with Crippen molar-refractivity contribution in [2.45, 2.75) is 32.3 Å². The van der Waals surface area contributed by atoms with E-state index in [0.717, 1.165) is 34.9 Å². The fourth-order valence-electron chi connectivity index (χ4n) is 3.38. The zero-order chi connectivity index (χ0) is 19.3. The zero-order valence-electron chi connectivity index (χ0n) is 16.0. The van der Waals surface area contributed by atoms with E-state index in [1.807, 2.05) is 54.3 Å². The summed E-state index contributed by atoms with van der Waals surface area (Å²) in [4.78, 5) is 19.2. The topological polar surface area (TPSA) is 51.7 Å². The van der Waals surface area contributed by atoms with Crippen LogP contribution in [0.15, 0.2) is 48.5 Å². The van der Waals surface area contributed by atoms with Gasteiger partial charge in [0, 0.05) is 13.0 Å². The molecule has 2 heterocycles. The summed E-state index contributed by atoms with van der Waals surface area (Å²) in [5, 5.41) is 1.10. The maximum absolute atomic E-state index is 12.7. The number of para-hydroxylation sites is 3. The Morgan fingerprint density at radius 1 is 1.18 bits per heavy atom. The smallest absolute Gasteiger partial charge is 0.222 e. The van der Waals surface area contributed by atoms with Crippen LogP contribution in [0.4, 0.5) is 0 Å². The van der Waals surface area contributed by atoms with Crippen LogP contribution in [0, 0.1) is 0 Å². The highest BCUT2D eigenvalue weighted by molar-refractivity contribution is 7.18. The van der Waals surface area contributed by atoms with Gasteiger partial charge in [0.25, 0.3) is 0 Å². The summed E-state index contributed by atoms with van der Waals surface area (Å²) in [6.45, 7) is 3.68. The van der Waals surface area contributed by atoms with E-state index >= 15 is 0 Å². The molecule has 5 nitrogen and oxygen atoms in total. The van der Waals surface area contributed by atoms with Crippen LogP contribution in [0.5, 0.6) is 11.5 Å². The van der Waals surface area contributed by atoms with E-state index in [4.69, 9.17) is 9.47 Å². The van der Waals surface area contributed by atoms with Gasteiger partial charge in [-0.25, -0.2) is 4.98 Å². The molecule has 1 aliphatic heterocycles. The lowest BCUT2D eigenvalue weighted by atomic mass is 10.2. The van der Waals surface area contributed by atoms with Gasteiger partial charge in [0.15, 0.2) is 17.6 Å². The number of fused-ring (bicyclic) bond motifs is 2. The molecule has 0 bridgehead atoms. The first-order valence-corrected chi connectivity index (χ1v) is 10.6. The molecule has 4 rings (SSSR count). The van der Waals surface area contributed by atoms with Gasteiger partial charge in [-0.1, -0.05) is 24.3 Å². The molecule has 0 aliphatic carbocycles. The Kier molecular flexibility index (Phi) is 5.76. The Hall–Kier alpha value is -2.60. The third-order valence-electron chi connectivity index (χ3n) is 4.85. The summed E-state index contributed by atoms with van der Waals surface area (Å²) in [6, 6.07) is 15.8. The van der Waals surface area contributed by atoms with Crippen molar-refractivity contribution in [1.29, 1.82) is 0 Å². The number of thiazole rings is 1. The van der Waals surface area contributed by atoms with Gasteiger partial charge in [-0.05, 0) is 44.0 Å². The molecule has 0 fully saturated rings. The quantitative estimate of drug-likeness (QED) is 0.597. The number of hydrogen-bond donors (Lipinski definition) is 0. The molecule has 0 saturated carbocycles. The van der Waals surface area contributed by atoms with Gasteiger partial charge in [0.2, 0.25) is 5.91 Å². The first kappa shape index (κ1) is 18.7. The van der Waals surface area contributed by atoms with Crippen molar-refractivity contribution in [1.82, 2.24) is 9.88 Å². The number of nitrogens with zero attached hydrogens (tertiary/aromatic N) is 2. The highest BCUT2D eigenvalue weighted by atomic mass is 32.1. The summed E-state index contributed by atoms with van der Waals surface area (Å²) in [5.74, 6) is 1.67. The minimum Gasteiger partial charge on any atom is -0.486 e. The van der Waals surface area contributed by atoms with E-state index in [1.165, 1.54) is 4.70 Å². The van der Waals surface area contributed by atoms with Gasteiger partial charge in [0.1, 0.15) is 6.61 Å². The van der Waals surface area contributed by atoms with Gasteiger partial charge >= 0.3 is 0 Å². The number of ether oxygens (including phenoxy) is 2. The van der Waals surface area contributed by atoms with E-state index < -0.39 is 0 Å². The molecule has 0 N–H and O–H groups in total. The highest BCUT2D eigenvalue weighted by Gasteiger charge is 2.24. The second kappa shape index (κ2) is 8.61. The van der Waals surface area contributed by atoms with E-state index in [1.54, 1.807) is 11.3 Å². The normalized spacial score (nSPS) is 15.5. The Balaban J connectivity index is 1.28. The lowest BCUT2D eigenvalue weighted by molar-refractivity contribution is -0.132. The Morgan fingerprint density at radius 3 is 2.79 bits per heavy atom. The van der Waals surface area contributed by atoms with Crippen LogP contribution in [0.3, 0.4) is 0 Å². The van der Waals surface area contributed by atoms with Crippen molar-refractivity contribution < 1.29 is 14.3 Å². The van der Waals surface area contributed by atoms with Crippen molar-refractivity contribution in [3.8, 4) is 11.5 Å². The molecule has 0 spiro atoms. The Labute approximate surface area is 168 Å². The van der Waals surface area contributed by atoms with Crippen molar-refractivity contribution in [3.05, 3.63) is 53.5 Å². The number of benzene rings is 2. The highest BCUT2D eigenvalue weighted by Crippen LogP contribution is 2.31. The SMILES string of the molecule is CCN(CC1COc2ccccc2O1)C(=O)CCCc1nc2ccccc2s1. The molecule has 6 heteroatoms. The van der Waals surface area contributed by atoms with Crippen molar-refractivity contribution in [2.24, 2.45) is 0 Å². The Morgan fingerprint density at radius 2 is 1.96 bits per heavy atom.